The average Bonchev–Trinajstić information content (AvgIpc) is 2.41. The van der Waals surface area contributed by atoms with Gasteiger partial charge in [-0.1, -0.05) is 6.92 Å². The minimum atomic E-state index is 0.297. The second kappa shape index (κ2) is 8.12. The van der Waals surface area contributed by atoms with Gasteiger partial charge in [0.25, 0.3) is 0 Å². The van der Waals surface area contributed by atoms with Crippen molar-refractivity contribution in [1.29, 1.82) is 0 Å². The molecule has 4 nitrogen and oxygen atoms in total. The largest absolute Gasteiger partial charge is 0.383 e. The van der Waals surface area contributed by atoms with Crippen LogP contribution in [0.3, 0.4) is 0 Å². The molecule has 0 spiro atoms. The van der Waals surface area contributed by atoms with E-state index in [-0.39, 0.29) is 0 Å². The van der Waals surface area contributed by atoms with Crippen LogP contribution in [0.5, 0.6) is 0 Å². The van der Waals surface area contributed by atoms with Crippen LogP contribution in [0.25, 0.3) is 0 Å². The molecule has 1 rings (SSSR count). The Morgan fingerprint density at radius 1 is 1.32 bits per heavy atom. The first kappa shape index (κ1) is 15.9. The molecule has 0 aliphatic rings. The van der Waals surface area contributed by atoms with Gasteiger partial charge in [-0.05, 0) is 39.4 Å². The first-order chi connectivity index (χ1) is 9.13. The number of methoxy groups -OCH3 is 1. The molecule has 1 aromatic heterocycles. The van der Waals surface area contributed by atoms with Gasteiger partial charge < -0.3 is 15.0 Å². The van der Waals surface area contributed by atoms with Crippen molar-refractivity contribution >= 4 is 5.69 Å². The van der Waals surface area contributed by atoms with Crippen LogP contribution in [0.15, 0.2) is 18.3 Å². The minimum absolute atomic E-state index is 0.297. The Labute approximate surface area is 117 Å². The van der Waals surface area contributed by atoms with Crippen molar-refractivity contribution in [2.75, 3.05) is 31.7 Å². The number of likely N-dealkylation sites (N-methyl/N-ethyl adjacent to an activating group) is 1. The van der Waals surface area contributed by atoms with E-state index in [9.17, 15) is 0 Å². The van der Waals surface area contributed by atoms with E-state index in [0.29, 0.717) is 12.1 Å². The Bertz CT molecular complexity index is 353. The second-order valence-electron chi connectivity index (χ2n) is 4.81. The van der Waals surface area contributed by atoms with E-state index < -0.39 is 0 Å². The molecule has 0 amide bonds. The van der Waals surface area contributed by atoms with Gasteiger partial charge in [0.2, 0.25) is 0 Å². The molecular weight excluding hydrogens is 238 g/mol. The third-order valence-electron chi connectivity index (χ3n) is 3.34. The maximum absolute atomic E-state index is 5.23. The lowest BCUT2D eigenvalue weighted by Crippen LogP contribution is -2.36. The van der Waals surface area contributed by atoms with E-state index in [2.05, 4.69) is 55.0 Å². The highest BCUT2D eigenvalue weighted by Crippen LogP contribution is 2.18. The highest BCUT2D eigenvalue weighted by Gasteiger charge is 2.13. The molecule has 0 saturated carbocycles. The van der Waals surface area contributed by atoms with Crippen LogP contribution in [0.2, 0.25) is 0 Å². The number of hydrogen-bond donors (Lipinski definition) is 1. The molecular formula is C15H27N3O. The molecule has 0 bridgehead atoms. The summed E-state index contributed by atoms with van der Waals surface area (Å²) in [6.07, 6.45) is 1.96. The van der Waals surface area contributed by atoms with Crippen LogP contribution in [0.1, 0.15) is 39.4 Å². The number of ether oxygens (including phenoxy) is 1. The van der Waals surface area contributed by atoms with Gasteiger partial charge in [-0.2, -0.15) is 0 Å². The fourth-order valence-corrected chi connectivity index (χ4v) is 2.31. The molecule has 0 aliphatic heterocycles. The molecule has 1 N–H and O–H groups in total. The smallest absolute Gasteiger partial charge is 0.0663 e. The number of pyridine rings is 1. The number of nitrogens with zero attached hydrogens (tertiary/aromatic N) is 2. The topological polar surface area (TPSA) is 37.4 Å². The summed E-state index contributed by atoms with van der Waals surface area (Å²) >= 11 is 0. The van der Waals surface area contributed by atoms with Crippen LogP contribution >= 0.6 is 0 Å². The normalized spacial score (nSPS) is 14.2. The maximum Gasteiger partial charge on any atom is 0.0663 e. The Kier molecular flexibility index (Phi) is 6.81. The molecule has 0 aromatic carbocycles. The molecule has 2 atom stereocenters. The number of nitrogens with one attached hydrogen (secondary N) is 1. The molecule has 2 unspecified atom stereocenters. The van der Waals surface area contributed by atoms with Gasteiger partial charge in [-0.15, -0.1) is 0 Å². The van der Waals surface area contributed by atoms with E-state index in [0.717, 1.165) is 31.1 Å². The van der Waals surface area contributed by atoms with Crippen molar-refractivity contribution in [2.24, 2.45) is 0 Å². The summed E-state index contributed by atoms with van der Waals surface area (Å²) in [7, 11) is 1.74. The number of rotatable bonds is 8. The zero-order valence-corrected chi connectivity index (χ0v) is 12.8. The Hall–Kier alpha value is -1.13. The number of aromatic nitrogens is 1. The monoisotopic (exact) mass is 265 g/mol. The first-order valence-electron chi connectivity index (χ1n) is 7.08. The first-order valence-corrected chi connectivity index (χ1v) is 7.08. The maximum atomic E-state index is 5.23. The molecule has 108 valence electrons. The third-order valence-corrected chi connectivity index (χ3v) is 3.34. The average molecular weight is 265 g/mol. The summed E-state index contributed by atoms with van der Waals surface area (Å²) in [6.45, 7) is 11.2. The molecule has 0 fully saturated rings. The highest BCUT2D eigenvalue weighted by atomic mass is 16.5. The van der Waals surface area contributed by atoms with Gasteiger partial charge in [0.1, 0.15) is 0 Å². The number of hydrogen-bond acceptors (Lipinski definition) is 4. The van der Waals surface area contributed by atoms with Crippen LogP contribution in [0.4, 0.5) is 5.69 Å². The second-order valence-corrected chi connectivity index (χ2v) is 4.81. The van der Waals surface area contributed by atoms with E-state index in [1.54, 1.807) is 7.11 Å². The van der Waals surface area contributed by atoms with Crippen LogP contribution in [-0.4, -0.2) is 37.8 Å². The van der Waals surface area contributed by atoms with Gasteiger partial charge in [0.05, 0.1) is 24.2 Å². The van der Waals surface area contributed by atoms with Crippen LogP contribution < -0.4 is 10.2 Å². The van der Waals surface area contributed by atoms with E-state index in [4.69, 9.17) is 4.74 Å². The van der Waals surface area contributed by atoms with Crippen molar-refractivity contribution in [3.8, 4) is 0 Å². The summed E-state index contributed by atoms with van der Waals surface area (Å²) < 4.78 is 5.23. The Morgan fingerprint density at radius 3 is 2.53 bits per heavy atom. The molecule has 0 saturated heterocycles. The van der Waals surface area contributed by atoms with E-state index in [1.165, 1.54) is 0 Å². The lowest BCUT2D eigenvalue weighted by Gasteiger charge is -2.29. The van der Waals surface area contributed by atoms with Crippen molar-refractivity contribution in [3.05, 3.63) is 24.0 Å². The third kappa shape index (κ3) is 4.48. The summed E-state index contributed by atoms with van der Waals surface area (Å²) in [5, 5.41) is 3.37. The Balaban J connectivity index is 2.78. The SMILES string of the molecule is CCNC(C)c1ccc(N(CC)C(C)COC)cn1. The molecule has 0 aliphatic carbocycles. The Morgan fingerprint density at radius 2 is 2.05 bits per heavy atom. The van der Waals surface area contributed by atoms with E-state index in [1.807, 2.05) is 6.20 Å². The fraction of sp³-hybridized carbons (Fsp3) is 0.667. The van der Waals surface area contributed by atoms with Crippen LogP contribution in [-0.2, 0) is 4.74 Å². The molecule has 1 aromatic rings. The predicted molar refractivity (Wildman–Crippen MR) is 80.7 cm³/mol. The fourth-order valence-electron chi connectivity index (χ4n) is 2.31. The predicted octanol–water partition coefficient (Wildman–Crippen LogP) is 2.61. The zero-order chi connectivity index (χ0) is 14.3. The van der Waals surface area contributed by atoms with Gasteiger partial charge in [-0.25, -0.2) is 0 Å². The van der Waals surface area contributed by atoms with Gasteiger partial charge >= 0.3 is 0 Å². The van der Waals surface area contributed by atoms with Gasteiger partial charge in [-0.3, -0.25) is 4.98 Å². The number of anilines is 1. The lowest BCUT2D eigenvalue weighted by atomic mass is 10.2. The van der Waals surface area contributed by atoms with Crippen molar-refractivity contribution in [3.63, 3.8) is 0 Å². The van der Waals surface area contributed by atoms with Crippen molar-refractivity contribution in [1.82, 2.24) is 10.3 Å². The van der Waals surface area contributed by atoms with Crippen molar-refractivity contribution in [2.45, 2.75) is 39.8 Å². The highest BCUT2D eigenvalue weighted by molar-refractivity contribution is 5.45. The van der Waals surface area contributed by atoms with E-state index >= 15 is 0 Å². The molecule has 4 heteroatoms. The van der Waals surface area contributed by atoms with Crippen LogP contribution in [0, 0.1) is 0 Å². The standard InChI is InChI=1S/C15H27N3O/c1-6-16-13(4)15-9-8-14(10-17-15)18(7-2)12(3)11-19-5/h8-10,12-13,16H,6-7,11H2,1-5H3. The molecule has 19 heavy (non-hydrogen) atoms. The quantitative estimate of drug-likeness (QED) is 0.784. The summed E-state index contributed by atoms with van der Waals surface area (Å²) in [4.78, 5) is 6.87. The van der Waals surface area contributed by atoms with Gasteiger partial charge in [0, 0.05) is 25.7 Å². The summed E-state index contributed by atoms with van der Waals surface area (Å²) in [5.41, 5.74) is 2.24. The molecule has 1 heterocycles. The minimum Gasteiger partial charge on any atom is -0.383 e. The van der Waals surface area contributed by atoms with Gasteiger partial charge in [0.15, 0.2) is 0 Å². The summed E-state index contributed by atoms with van der Waals surface area (Å²) in [5.74, 6) is 0. The molecule has 0 radical (unpaired) electrons. The lowest BCUT2D eigenvalue weighted by molar-refractivity contribution is 0.182. The zero-order valence-electron chi connectivity index (χ0n) is 12.8. The van der Waals surface area contributed by atoms with Crippen molar-refractivity contribution < 1.29 is 4.74 Å². The summed E-state index contributed by atoms with van der Waals surface area (Å²) in [6, 6.07) is 4.90.